The predicted octanol–water partition coefficient (Wildman–Crippen LogP) is 1.83. The number of hydrogen-bond acceptors (Lipinski definition) is 4. The van der Waals surface area contributed by atoms with Crippen molar-refractivity contribution in [1.29, 1.82) is 0 Å². The summed E-state index contributed by atoms with van der Waals surface area (Å²) in [6.45, 7) is 10.3. The Balaban J connectivity index is 1.90. The molecule has 0 spiro atoms. The minimum Gasteiger partial charge on any atom is -0.356 e. The molecule has 1 saturated heterocycles. The molecule has 2 N–H and O–H groups in total. The molecule has 2 heterocycles. The molecule has 4 nitrogen and oxygen atoms in total. The van der Waals surface area contributed by atoms with E-state index in [2.05, 4.69) is 34.4 Å². The molecule has 0 bridgehead atoms. The van der Waals surface area contributed by atoms with E-state index in [1.807, 2.05) is 0 Å². The first-order valence-corrected chi connectivity index (χ1v) is 8.11. The molecule has 1 unspecified atom stereocenters. The van der Waals surface area contributed by atoms with Gasteiger partial charge in [-0.2, -0.15) is 0 Å². The molecule has 2 rings (SSSR count). The largest absolute Gasteiger partial charge is 0.356 e. The minimum absolute atomic E-state index is 0.670. The number of rotatable bonds is 6. The van der Waals surface area contributed by atoms with Crippen molar-refractivity contribution >= 4 is 5.96 Å². The molecule has 110 valence electrons. The first-order valence-electron chi connectivity index (χ1n) is 8.11. The van der Waals surface area contributed by atoms with Crippen molar-refractivity contribution in [2.75, 3.05) is 32.7 Å². The highest BCUT2D eigenvalue weighted by molar-refractivity contribution is 5.80. The highest BCUT2D eigenvalue weighted by atomic mass is 15.2. The van der Waals surface area contributed by atoms with Crippen molar-refractivity contribution in [3.63, 3.8) is 0 Å². The molecule has 19 heavy (non-hydrogen) atoms. The summed E-state index contributed by atoms with van der Waals surface area (Å²) in [5, 5.41) is 6.91. The highest BCUT2D eigenvalue weighted by Crippen LogP contribution is 2.22. The van der Waals surface area contributed by atoms with Crippen molar-refractivity contribution in [3.05, 3.63) is 0 Å². The van der Waals surface area contributed by atoms with Gasteiger partial charge in [0.05, 0.1) is 0 Å². The lowest BCUT2D eigenvalue weighted by Crippen LogP contribution is -2.50. The Kier molecular flexibility index (Phi) is 5.95. The topological polar surface area (TPSA) is 39.7 Å². The van der Waals surface area contributed by atoms with E-state index in [0.717, 1.165) is 37.9 Å². The highest BCUT2D eigenvalue weighted by Gasteiger charge is 2.27. The second-order valence-electron chi connectivity index (χ2n) is 5.78. The maximum atomic E-state index is 4.51. The van der Waals surface area contributed by atoms with Crippen LogP contribution in [0.4, 0.5) is 0 Å². The van der Waals surface area contributed by atoms with Crippen LogP contribution in [0.5, 0.6) is 0 Å². The fourth-order valence-electron chi connectivity index (χ4n) is 3.35. The van der Waals surface area contributed by atoms with Gasteiger partial charge in [0.25, 0.3) is 0 Å². The Bertz CT molecular complexity index is 278. The summed E-state index contributed by atoms with van der Waals surface area (Å²) in [5.41, 5.74) is 0. The minimum atomic E-state index is 0.670. The standard InChI is InChI=1S/C15H30N4/c1-3-13(4-2)14(19-10-5-6-11-19)12-18-15-16-8-7-9-17-15/h13-14H,3-12H2,1-2H3,(H2,16,17,18). The van der Waals surface area contributed by atoms with E-state index in [0.29, 0.717) is 6.04 Å². The van der Waals surface area contributed by atoms with Gasteiger partial charge in [-0.1, -0.05) is 26.7 Å². The molecule has 1 fully saturated rings. The van der Waals surface area contributed by atoms with E-state index in [-0.39, 0.29) is 0 Å². The quantitative estimate of drug-likeness (QED) is 0.770. The predicted molar refractivity (Wildman–Crippen MR) is 81.6 cm³/mol. The number of nitrogens with one attached hydrogen (secondary N) is 2. The zero-order valence-corrected chi connectivity index (χ0v) is 12.6. The number of nitrogens with zero attached hydrogens (tertiary/aromatic N) is 2. The maximum absolute atomic E-state index is 4.51. The van der Waals surface area contributed by atoms with Gasteiger partial charge in [-0.3, -0.25) is 9.89 Å². The van der Waals surface area contributed by atoms with Gasteiger partial charge < -0.3 is 10.6 Å². The number of guanidine groups is 1. The van der Waals surface area contributed by atoms with Gasteiger partial charge in [-0.05, 0) is 38.3 Å². The van der Waals surface area contributed by atoms with Gasteiger partial charge >= 0.3 is 0 Å². The lowest BCUT2D eigenvalue weighted by molar-refractivity contribution is 0.166. The van der Waals surface area contributed by atoms with Gasteiger partial charge in [0, 0.05) is 25.7 Å². The average molecular weight is 266 g/mol. The van der Waals surface area contributed by atoms with E-state index >= 15 is 0 Å². The van der Waals surface area contributed by atoms with Crippen LogP contribution in [0.25, 0.3) is 0 Å². The normalized spacial score (nSPS) is 22.2. The molecule has 0 aromatic rings. The molecule has 1 atom stereocenters. The third kappa shape index (κ3) is 4.10. The Morgan fingerprint density at radius 1 is 1.21 bits per heavy atom. The van der Waals surface area contributed by atoms with Gasteiger partial charge in [-0.15, -0.1) is 0 Å². The molecular weight excluding hydrogens is 236 g/mol. The second kappa shape index (κ2) is 7.73. The second-order valence-corrected chi connectivity index (χ2v) is 5.78. The number of hydrogen-bond donors (Lipinski definition) is 2. The first kappa shape index (κ1) is 14.6. The molecule has 0 amide bonds. The van der Waals surface area contributed by atoms with E-state index in [1.54, 1.807) is 0 Å². The molecule has 2 aliphatic rings. The van der Waals surface area contributed by atoms with Crippen LogP contribution in [0.15, 0.2) is 4.99 Å². The van der Waals surface area contributed by atoms with E-state index in [4.69, 9.17) is 0 Å². The van der Waals surface area contributed by atoms with Crippen molar-refractivity contribution < 1.29 is 0 Å². The van der Waals surface area contributed by atoms with Crippen LogP contribution >= 0.6 is 0 Å². The number of likely N-dealkylation sites (tertiary alicyclic amines) is 1. The summed E-state index contributed by atoms with van der Waals surface area (Å²) in [6, 6.07) is 0.670. The van der Waals surface area contributed by atoms with Crippen LogP contribution in [-0.4, -0.2) is 49.6 Å². The molecule has 4 heteroatoms. The van der Waals surface area contributed by atoms with Gasteiger partial charge in [0.15, 0.2) is 5.96 Å². The Labute approximate surface area is 118 Å². The molecule has 0 radical (unpaired) electrons. The van der Waals surface area contributed by atoms with Gasteiger partial charge in [0.2, 0.25) is 0 Å². The third-order valence-electron chi connectivity index (χ3n) is 4.58. The van der Waals surface area contributed by atoms with Crippen LogP contribution < -0.4 is 10.6 Å². The lowest BCUT2D eigenvalue weighted by atomic mass is 9.93. The summed E-state index contributed by atoms with van der Waals surface area (Å²) in [6.07, 6.45) is 6.46. The Morgan fingerprint density at radius 3 is 2.53 bits per heavy atom. The van der Waals surface area contributed by atoms with Gasteiger partial charge in [-0.25, -0.2) is 0 Å². The van der Waals surface area contributed by atoms with Crippen molar-refractivity contribution in [2.45, 2.75) is 52.0 Å². The molecule has 2 aliphatic heterocycles. The first-order chi connectivity index (χ1) is 9.35. The number of aliphatic imine (C=N–C) groups is 1. The van der Waals surface area contributed by atoms with Crippen molar-refractivity contribution in [3.8, 4) is 0 Å². The monoisotopic (exact) mass is 266 g/mol. The van der Waals surface area contributed by atoms with E-state index < -0.39 is 0 Å². The average Bonchev–Trinajstić information content (AvgIpc) is 2.98. The van der Waals surface area contributed by atoms with Crippen LogP contribution in [0.3, 0.4) is 0 Å². The molecule has 0 aromatic carbocycles. The van der Waals surface area contributed by atoms with E-state index in [1.165, 1.54) is 38.8 Å². The van der Waals surface area contributed by atoms with Crippen LogP contribution in [-0.2, 0) is 0 Å². The van der Waals surface area contributed by atoms with Crippen LogP contribution in [0.2, 0.25) is 0 Å². The van der Waals surface area contributed by atoms with E-state index in [9.17, 15) is 0 Å². The molecule has 0 saturated carbocycles. The fourth-order valence-corrected chi connectivity index (χ4v) is 3.35. The van der Waals surface area contributed by atoms with Crippen LogP contribution in [0.1, 0.15) is 46.0 Å². The van der Waals surface area contributed by atoms with Crippen molar-refractivity contribution in [2.24, 2.45) is 10.9 Å². The van der Waals surface area contributed by atoms with Crippen molar-refractivity contribution in [1.82, 2.24) is 15.5 Å². The SMILES string of the molecule is CCC(CC)C(CNC1=NCCCN1)N1CCCC1. The Morgan fingerprint density at radius 2 is 1.95 bits per heavy atom. The lowest BCUT2D eigenvalue weighted by Gasteiger charge is -2.34. The summed E-state index contributed by atoms with van der Waals surface area (Å²) < 4.78 is 0. The Hall–Kier alpha value is -0.770. The summed E-state index contributed by atoms with van der Waals surface area (Å²) >= 11 is 0. The van der Waals surface area contributed by atoms with Gasteiger partial charge in [0.1, 0.15) is 0 Å². The fraction of sp³-hybridized carbons (Fsp3) is 0.933. The molecule has 0 aromatic heterocycles. The summed E-state index contributed by atoms with van der Waals surface area (Å²) in [5.74, 6) is 1.82. The zero-order chi connectivity index (χ0) is 13.5. The zero-order valence-electron chi connectivity index (χ0n) is 12.6. The third-order valence-corrected chi connectivity index (χ3v) is 4.58. The maximum Gasteiger partial charge on any atom is 0.191 e. The summed E-state index contributed by atoms with van der Waals surface area (Å²) in [4.78, 5) is 7.20. The molecular formula is C15H30N4. The molecule has 0 aliphatic carbocycles. The smallest absolute Gasteiger partial charge is 0.191 e. The summed E-state index contributed by atoms with van der Waals surface area (Å²) in [7, 11) is 0. The van der Waals surface area contributed by atoms with Crippen LogP contribution in [0, 0.1) is 5.92 Å².